The normalized spacial score (nSPS) is 21.1. The fourth-order valence-corrected chi connectivity index (χ4v) is 5.76. The minimum Gasteiger partial charge on any atom is -0.335 e. The van der Waals surface area contributed by atoms with Gasteiger partial charge in [-0.25, -0.2) is 9.37 Å². The maximum atomic E-state index is 15.0. The molecule has 2 aliphatic rings. The Balaban J connectivity index is 1.48. The van der Waals surface area contributed by atoms with Gasteiger partial charge in [0.2, 0.25) is 11.8 Å². The van der Waals surface area contributed by atoms with Crippen LogP contribution in [0, 0.1) is 18.3 Å². The molecule has 202 valence electrons. The quantitative estimate of drug-likeness (QED) is 0.495. The number of likely N-dealkylation sites (N-methyl/N-ethyl adjacent to an activating group) is 1. The smallest absolute Gasteiger partial charge is 0.270 e. The lowest BCUT2D eigenvalue weighted by Crippen LogP contribution is -2.53. The van der Waals surface area contributed by atoms with Crippen LogP contribution in [0.3, 0.4) is 0 Å². The van der Waals surface area contributed by atoms with Crippen LogP contribution in [0.2, 0.25) is 5.02 Å². The van der Waals surface area contributed by atoms with Crippen molar-refractivity contribution in [3.05, 3.63) is 58.4 Å². The molecule has 2 aliphatic heterocycles. The van der Waals surface area contributed by atoms with Crippen molar-refractivity contribution in [2.75, 3.05) is 18.9 Å². The summed E-state index contributed by atoms with van der Waals surface area (Å²) in [4.78, 5) is 50.6. The summed E-state index contributed by atoms with van der Waals surface area (Å²) in [7, 11) is 1.44. The van der Waals surface area contributed by atoms with Crippen molar-refractivity contribution >= 4 is 46.0 Å². The second-order valence-electron chi connectivity index (χ2n) is 11.0. The Kier molecular flexibility index (Phi) is 6.38. The second kappa shape index (κ2) is 9.35. The first-order chi connectivity index (χ1) is 18.3. The number of rotatable bonds is 5. The van der Waals surface area contributed by atoms with Crippen molar-refractivity contribution in [1.29, 1.82) is 5.26 Å². The number of H-pyrrole nitrogens is 1. The number of amides is 3. The number of nitrogens with one attached hydrogen (secondary N) is 2. The molecule has 3 atom stereocenters. The van der Waals surface area contributed by atoms with Crippen LogP contribution in [0.4, 0.5) is 10.1 Å². The number of alkyl halides is 1. The summed E-state index contributed by atoms with van der Waals surface area (Å²) >= 11 is 6.22. The first-order valence-corrected chi connectivity index (χ1v) is 12.9. The maximum Gasteiger partial charge on any atom is 0.270 e. The monoisotopic (exact) mass is 550 g/mol. The maximum absolute atomic E-state index is 15.0. The topological polar surface area (TPSA) is 122 Å². The lowest BCUT2D eigenvalue weighted by atomic mass is 9.80. The highest BCUT2D eigenvalue weighted by atomic mass is 35.5. The summed E-state index contributed by atoms with van der Waals surface area (Å²) in [5.74, 6) is -1.46. The van der Waals surface area contributed by atoms with Gasteiger partial charge in [-0.3, -0.25) is 14.4 Å². The number of fused-ring (bicyclic) bond motifs is 3. The van der Waals surface area contributed by atoms with Crippen LogP contribution in [0.25, 0.3) is 11.0 Å². The zero-order valence-electron chi connectivity index (χ0n) is 22.0. The Bertz CT molecular complexity index is 1560. The van der Waals surface area contributed by atoms with Gasteiger partial charge >= 0.3 is 0 Å². The lowest BCUT2D eigenvalue weighted by Gasteiger charge is -2.34. The van der Waals surface area contributed by atoms with Crippen molar-refractivity contribution in [3.63, 3.8) is 0 Å². The molecule has 0 unspecified atom stereocenters. The number of aromatic amines is 1. The zero-order valence-corrected chi connectivity index (χ0v) is 22.8. The Hall–Kier alpha value is -3.97. The van der Waals surface area contributed by atoms with E-state index in [0.29, 0.717) is 21.9 Å². The van der Waals surface area contributed by atoms with Gasteiger partial charge in [0.1, 0.15) is 29.1 Å². The molecule has 0 aliphatic carbocycles. The number of carbonyl (C=O) groups excluding carboxylic acids is 3. The van der Waals surface area contributed by atoms with Crippen LogP contribution in [-0.4, -0.2) is 68.8 Å². The number of hydrogen-bond donors (Lipinski definition) is 2. The Morgan fingerprint density at radius 2 is 2.08 bits per heavy atom. The van der Waals surface area contributed by atoms with E-state index >= 15 is 4.39 Å². The molecule has 2 aromatic heterocycles. The largest absolute Gasteiger partial charge is 0.335 e. The molecule has 5 rings (SSSR count). The van der Waals surface area contributed by atoms with Gasteiger partial charge in [0.05, 0.1) is 11.5 Å². The molecule has 0 saturated carbocycles. The van der Waals surface area contributed by atoms with Gasteiger partial charge in [0.15, 0.2) is 0 Å². The van der Waals surface area contributed by atoms with Gasteiger partial charge in [-0.05, 0) is 62.7 Å². The summed E-state index contributed by atoms with van der Waals surface area (Å²) < 4.78 is 15.0. The van der Waals surface area contributed by atoms with Crippen molar-refractivity contribution in [2.45, 2.75) is 56.8 Å². The highest BCUT2D eigenvalue weighted by molar-refractivity contribution is 6.31. The molecule has 1 saturated heterocycles. The fourth-order valence-electron chi connectivity index (χ4n) is 5.59. The zero-order chi connectivity index (χ0) is 28.3. The van der Waals surface area contributed by atoms with Crippen LogP contribution < -0.4 is 5.32 Å². The first kappa shape index (κ1) is 26.6. The predicted octanol–water partition coefficient (Wildman–Crippen LogP) is 4.12. The van der Waals surface area contributed by atoms with Crippen LogP contribution in [-0.2, 0) is 15.0 Å². The number of nitrogens with zero attached hydrogens (tertiary/aromatic N) is 4. The minimum absolute atomic E-state index is 0.0604. The predicted molar refractivity (Wildman–Crippen MR) is 144 cm³/mol. The van der Waals surface area contributed by atoms with Gasteiger partial charge in [0.25, 0.3) is 5.91 Å². The summed E-state index contributed by atoms with van der Waals surface area (Å²) in [6.07, 6.45) is -0.243. The Morgan fingerprint density at radius 3 is 2.77 bits per heavy atom. The molecule has 39 heavy (non-hydrogen) atoms. The van der Waals surface area contributed by atoms with Crippen molar-refractivity contribution in [3.8, 4) is 6.07 Å². The van der Waals surface area contributed by atoms with Crippen molar-refractivity contribution in [2.24, 2.45) is 0 Å². The van der Waals surface area contributed by atoms with Gasteiger partial charge in [-0.1, -0.05) is 11.6 Å². The SMILES string of the molecule is Cc1ccc2cc(C(=O)N(C)[C@@H](CC(C)(C)F)C(=O)N3C[C@]4(C[C@H]3C#N)C(=O)Nc3ccc(Cl)cc34)[nH]c2n1. The molecule has 2 N–H and O–H groups in total. The van der Waals surface area contributed by atoms with Crippen molar-refractivity contribution < 1.29 is 18.8 Å². The molecule has 11 heteroatoms. The number of aryl methyl sites for hydroxylation is 1. The summed E-state index contributed by atoms with van der Waals surface area (Å²) in [5.41, 5.74) is -0.291. The number of anilines is 1. The highest BCUT2D eigenvalue weighted by Gasteiger charge is 2.57. The fraction of sp³-hybridized carbons (Fsp3) is 0.393. The number of likely N-dealkylation sites (tertiary alicyclic amines) is 1. The number of pyridine rings is 1. The molecule has 4 heterocycles. The minimum atomic E-state index is -1.81. The Labute approximate surface area is 229 Å². The molecule has 1 fully saturated rings. The Morgan fingerprint density at radius 1 is 1.33 bits per heavy atom. The molecule has 9 nitrogen and oxygen atoms in total. The van der Waals surface area contributed by atoms with Gasteiger partial charge in [-0.15, -0.1) is 0 Å². The van der Waals surface area contributed by atoms with E-state index < -0.39 is 35.0 Å². The van der Waals surface area contributed by atoms with Crippen LogP contribution in [0.5, 0.6) is 0 Å². The average molecular weight is 551 g/mol. The molecule has 3 aromatic rings. The molecule has 0 bridgehead atoms. The van der Waals surface area contributed by atoms with E-state index in [1.54, 1.807) is 24.3 Å². The third kappa shape index (κ3) is 4.61. The molecule has 0 radical (unpaired) electrons. The van der Waals surface area contributed by atoms with E-state index in [9.17, 15) is 19.6 Å². The van der Waals surface area contributed by atoms with Gasteiger partial charge in [0, 0.05) is 48.2 Å². The number of hydrogen-bond acceptors (Lipinski definition) is 5. The summed E-state index contributed by atoms with van der Waals surface area (Å²) in [6.45, 7) is 4.40. The number of carbonyl (C=O) groups is 3. The molecule has 3 amide bonds. The molecular weight excluding hydrogens is 523 g/mol. The summed E-state index contributed by atoms with van der Waals surface area (Å²) in [6, 6.07) is 10.2. The average Bonchev–Trinajstić information content (AvgIpc) is 3.55. The van der Waals surface area contributed by atoms with E-state index in [2.05, 4.69) is 21.4 Å². The summed E-state index contributed by atoms with van der Waals surface area (Å²) in [5, 5.41) is 14.0. The van der Waals surface area contributed by atoms with E-state index in [1.165, 1.54) is 30.7 Å². The van der Waals surface area contributed by atoms with E-state index in [4.69, 9.17) is 11.6 Å². The number of benzene rings is 1. The third-order valence-electron chi connectivity index (χ3n) is 7.57. The van der Waals surface area contributed by atoms with Crippen LogP contribution in [0.15, 0.2) is 36.4 Å². The van der Waals surface area contributed by atoms with Gasteiger partial charge in [-0.2, -0.15) is 5.26 Å². The highest BCUT2D eigenvalue weighted by Crippen LogP contribution is 2.47. The number of halogens is 2. The third-order valence-corrected chi connectivity index (χ3v) is 7.81. The van der Waals surface area contributed by atoms with E-state index in [-0.39, 0.29) is 31.0 Å². The number of aromatic nitrogens is 2. The van der Waals surface area contributed by atoms with E-state index in [1.807, 2.05) is 19.1 Å². The molecule has 1 spiro atoms. The van der Waals surface area contributed by atoms with Crippen LogP contribution >= 0.6 is 11.6 Å². The molecule has 1 aromatic carbocycles. The number of nitriles is 1. The molecular formula is C28H28ClFN6O3. The second-order valence-corrected chi connectivity index (χ2v) is 11.4. The van der Waals surface area contributed by atoms with Gasteiger partial charge < -0.3 is 20.1 Å². The van der Waals surface area contributed by atoms with Crippen LogP contribution in [0.1, 0.15) is 48.4 Å². The lowest BCUT2D eigenvalue weighted by molar-refractivity contribution is -0.137. The van der Waals surface area contributed by atoms with Crippen molar-refractivity contribution in [1.82, 2.24) is 19.8 Å². The standard InChI is InChI=1S/C28H28ClFN6O3/c1-15-5-6-16-9-21(33-23(16)32-15)24(37)35(4)22(12-27(2,3)30)25(38)36-14-28(11-18(36)13-31)19-10-17(29)7-8-20(19)34-26(28)39/h5-10,18,22H,11-12,14H2,1-4H3,(H,32,33)(H,34,39)/t18-,22-,28-/m0/s1. The van der Waals surface area contributed by atoms with E-state index in [0.717, 1.165) is 11.1 Å². The first-order valence-electron chi connectivity index (χ1n) is 12.6.